The van der Waals surface area contributed by atoms with Gasteiger partial charge in [-0.25, -0.2) is 0 Å². The van der Waals surface area contributed by atoms with Gasteiger partial charge in [-0.3, -0.25) is 4.90 Å². The Morgan fingerprint density at radius 2 is 1.93 bits per heavy atom. The molecule has 2 aliphatic rings. The molecule has 1 saturated carbocycles. The average molecular weight is 402 g/mol. The second-order valence-corrected chi connectivity index (χ2v) is 8.62. The third-order valence-electron chi connectivity index (χ3n) is 6.52. The van der Waals surface area contributed by atoms with Gasteiger partial charge in [0.25, 0.3) is 0 Å². The fourth-order valence-corrected chi connectivity index (χ4v) is 5.19. The van der Waals surface area contributed by atoms with Crippen LogP contribution in [0, 0.1) is 5.92 Å². The van der Waals surface area contributed by atoms with Crippen molar-refractivity contribution in [2.45, 2.75) is 50.3 Å². The van der Waals surface area contributed by atoms with Crippen LogP contribution >= 0.6 is 11.6 Å². The maximum Gasteiger partial charge on any atom is 0.160 e. The van der Waals surface area contributed by atoms with E-state index in [4.69, 9.17) is 16.3 Å². The van der Waals surface area contributed by atoms with Crippen LogP contribution in [0.4, 0.5) is 0 Å². The summed E-state index contributed by atoms with van der Waals surface area (Å²) in [6.45, 7) is 1.64. The van der Waals surface area contributed by atoms with Crippen LogP contribution in [0.1, 0.15) is 49.3 Å². The van der Waals surface area contributed by atoms with Crippen LogP contribution in [0.25, 0.3) is 0 Å². The number of phenols is 1. The van der Waals surface area contributed by atoms with Gasteiger partial charge in [0.1, 0.15) is 0 Å². The van der Waals surface area contributed by atoms with Crippen LogP contribution in [0.3, 0.4) is 0 Å². The highest BCUT2D eigenvalue weighted by Crippen LogP contribution is 2.50. The molecule has 28 heavy (non-hydrogen) atoms. The number of benzene rings is 2. The molecule has 150 valence electrons. The molecular formula is C23H28ClNO3. The number of halogens is 1. The maximum atomic E-state index is 11.4. The van der Waals surface area contributed by atoms with Gasteiger partial charge in [0.05, 0.1) is 12.7 Å². The van der Waals surface area contributed by atoms with Crippen LogP contribution in [0.5, 0.6) is 11.5 Å². The standard InChI is InChI=1S/C23H28ClNO3/c1-28-21-14-17(7-10-20(21)26)22-19-4-2-3-11-23(19,27)12-13-25(22)15-16-5-8-18(24)9-6-16/h5-10,14,19,22,26-27H,2-4,11-13,15H2,1H3/t19-,22-,23+/m1/s1. The predicted molar refractivity (Wildman–Crippen MR) is 111 cm³/mol. The number of hydrogen-bond donors (Lipinski definition) is 2. The molecule has 2 aromatic rings. The minimum atomic E-state index is -0.607. The fraction of sp³-hybridized carbons (Fsp3) is 0.478. The molecule has 2 N–H and O–H groups in total. The first kappa shape index (κ1) is 19.6. The summed E-state index contributed by atoms with van der Waals surface area (Å²) in [4.78, 5) is 2.46. The van der Waals surface area contributed by atoms with E-state index in [0.29, 0.717) is 5.75 Å². The highest BCUT2D eigenvalue weighted by Gasteiger charge is 2.48. The first-order valence-corrected chi connectivity index (χ1v) is 10.5. The second-order valence-electron chi connectivity index (χ2n) is 8.18. The molecule has 0 spiro atoms. The van der Waals surface area contributed by atoms with Crippen molar-refractivity contribution in [3.8, 4) is 11.5 Å². The third-order valence-corrected chi connectivity index (χ3v) is 6.77. The van der Waals surface area contributed by atoms with Crippen molar-refractivity contribution in [2.24, 2.45) is 5.92 Å². The lowest BCUT2D eigenvalue weighted by Gasteiger charge is -2.53. The normalized spacial score (nSPS) is 28.0. The quantitative estimate of drug-likeness (QED) is 0.763. The number of hydrogen-bond acceptors (Lipinski definition) is 4. The summed E-state index contributed by atoms with van der Waals surface area (Å²) in [5, 5.41) is 22.2. The van der Waals surface area contributed by atoms with Gasteiger partial charge in [-0.1, -0.05) is 42.6 Å². The van der Waals surface area contributed by atoms with Crippen molar-refractivity contribution in [3.05, 3.63) is 58.6 Å². The van der Waals surface area contributed by atoms with E-state index in [1.54, 1.807) is 13.2 Å². The molecular weight excluding hydrogens is 374 g/mol. The molecule has 1 aliphatic heterocycles. The fourth-order valence-electron chi connectivity index (χ4n) is 5.07. The van der Waals surface area contributed by atoms with Crippen molar-refractivity contribution in [1.82, 2.24) is 4.90 Å². The maximum absolute atomic E-state index is 11.4. The number of piperidine rings is 1. The zero-order chi connectivity index (χ0) is 19.7. The molecule has 1 aliphatic carbocycles. The van der Waals surface area contributed by atoms with Crippen LogP contribution in [-0.2, 0) is 6.54 Å². The summed E-state index contributed by atoms with van der Waals surface area (Å²) < 4.78 is 5.36. The highest BCUT2D eigenvalue weighted by atomic mass is 35.5. The first-order valence-electron chi connectivity index (χ1n) is 10.1. The van der Waals surface area contributed by atoms with Gasteiger partial charge in [0.15, 0.2) is 11.5 Å². The summed E-state index contributed by atoms with van der Waals surface area (Å²) >= 11 is 6.05. The van der Waals surface area contributed by atoms with Crippen LogP contribution < -0.4 is 4.74 Å². The highest BCUT2D eigenvalue weighted by molar-refractivity contribution is 6.30. The van der Waals surface area contributed by atoms with E-state index in [0.717, 1.165) is 55.8 Å². The van der Waals surface area contributed by atoms with E-state index in [1.807, 2.05) is 24.3 Å². The Balaban J connectivity index is 1.70. The van der Waals surface area contributed by atoms with E-state index >= 15 is 0 Å². The van der Waals surface area contributed by atoms with Crippen molar-refractivity contribution in [1.29, 1.82) is 0 Å². The van der Waals surface area contributed by atoms with Gasteiger partial charge in [0, 0.05) is 30.1 Å². The Morgan fingerprint density at radius 3 is 2.68 bits per heavy atom. The third kappa shape index (κ3) is 3.73. The Kier molecular flexibility index (Phi) is 5.55. The molecule has 2 aromatic carbocycles. The molecule has 0 radical (unpaired) electrons. The van der Waals surface area contributed by atoms with Crippen LogP contribution in [0.2, 0.25) is 5.02 Å². The summed E-state index contributed by atoms with van der Waals surface area (Å²) in [6, 6.07) is 13.7. The predicted octanol–water partition coefficient (Wildman–Crippen LogP) is 4.92. The Bertz CT molecular complexity index is 825. The number of ether oxygens (including phenoxy) is 1. The van der Waals surface area contributed by atoms with Gasteiger partial charge in [0.2, 0.25) is 0 Å². The average Bonchev–Trinajstić information content (AvgIpc) is 2.70. The second kappa shape index (κ2) is 7.94. The Labute approximate surface area is 171 Å². The molecule has 2 fully saturated rings. The number of fused-ring (bicyclic) bond motifs is 1. The molecule has 0 unspecified atom stereocenters. The summed E-state index contributed by atoms with van der Waals surface area (Å²) in [5.41, 5.74) is 1.69. The molecule has 0 aromatic heterocycles. The van der Waals surface area contributed by atoms with Crippen molar-refractivity contribution < 1.29 is 14.9 Å². The van der Waals surface area contributed by atoms with E-state index < -0.39 is 5.60 Å². The Hall–Kier alpha value is -1.75. The van der Waals surface area contributed by atoms with Gasteiger partial charge in [-0.2, -0.15) is 0 Å². The van der Waals surface area contributed by atoms with E-state index in [-0.39, 0.29) is 17.7 Å². The number of phenolic OH excluding ortho intramolecular Hbond substituents is 1. The SMILES string of the molecule is COc1cc([C@@H]2[C@H]3CCCC[C@]3(O)CCN2Cc2ccc(Cl)cc2)ccc1O. The van der Waals surface area contributed by atoms with Crippen LogP contribution in [-0.4, -0.2) is 34.4 Å². The van der Waals surface area contributed by atoms with E-state index in [9.17, 15) is 10.2 Å². The molecule has 4 rings (SSSR count). The smallest absolute Gasteiger partial charge is 0.160 e. The number of likely N-dealkylation sites (tertiary alicyclic amines) is 1. The number of aromatic hydroxyl groups is 1. The molecule has 0 bridgehead atoms. The summed E-state index contributed by atoms with van der Waals surface area (Å²) in [6.07, 6.45) is 4.93. The van der Waals surface area contributed by atoms with E-state index in [1.165, 1.54) is 5.56 Å². The van der Waals surface area contributed by atoms with Crippen molar-refractivity contribution in [3.63, 3.8) is 0 Å². The van der Waals surface area contributed by atoms with E-state index in [2.05, 4.69) is 17.0 Å². The lowest BCUT2D eigenvalue weighted by atomic mass is 9.66. The summed E-state index contributed by atoms with van der Waals surface area (Å²) in [5.74, 6) is 0.802. The van der Waals surface area contributed by atoms with Crippen molar-refractivity contribution >= 4 is 11.6 Å². The molecule has 4 nitrogen and oxygen atoms in total. The minimum absolute atomic E-state index is 0.0872. The molecule has 1 heterocycles. The topological polar surface area (TPSA) is 52.9 Å². The number of aliphatic hydroxyl groups is 1. The molecule has 1 saturated heterocycles. The van der Waals surface area contributed by atoms with Gasteiger partial charge >= 0.3 is 0 Å². The molecule has 5 heteroatoms. The first-order chi connectivity index (χ1) is 13.5. The largest absolute Gasteiger partial charge is 0.504 e. The minimum Gasteiger partial charge on any atom is -0.504 e. The monoisotopic (exact) mass is 401 g/mol. The molecule has 3 atom stereocenters. The summed E-state index contributed by atoms with van der Waals surface area (Å²) in [7, 11) is 1.57. The van der Waals surface area contributed by atoms with Gasteiger partial charge in [-0.15, -0.1) is 0 Å². The van der Waals surface area contributed by atoms with Gasteiger partial charge in [-0.05, 0) is 54.7 Å². The zero-order valence-electron chi connectivity index (χ0n) is 16.3. The zero-order valence-corrected chi connectivity index (χ0v) is 17.0. The number of nitrogens with zero attached hydrogens (tertiary/aromatic N) is 1. The van der Waals surface area contributed by atoms with Crippen LogP contribution in [0.15, 0.2) is 42.5 Å². The van der Waals surface area contributed by atoms with Crippen molar-refractivity contribution in [2.75, 3.05) is 13.7 Å². The molecule has 0 amide bonds. The number of methoxy groups -OCH3 is 1. The van der Waals surface area contributed by atoms with Gasteiger partial charge < -0.3 is 14.9 Å². The number of rotatable bonds is 4. The lowest BCUT2D eigenvalue weighted by molar-refractivity contribution is -0.126. The Morgan fingerprint density at radius 1 is 1.14 bits per heavy atom. The lowest BCUT2D eigenvalue weighted by Crippen LogP contribution is -2.54.